The van der Waals surface area contributed by atoms with Crippen LogP contribution in [-0.4, -0.2) is 0 Å². The summed E-state index contributed by atoms with van der Waals surface area (Å²) in [5.41, 5.74) is 2.71. The molecule has 0 saturated heterocycles. The molecule has 1 aromatic rings. The standard InChI is InChI=1S/C13H17Br3/c1-2-3-4-5-6-10-7-13(16)11(9-14)8-12(10)15/h7-8H,2-6,9H2,1H3. The molecule has 3 heteroatoms. The van der Waals surface area contributed by atoms with Gasteiger partial charge in [-0.2, -0.15) is 0 Å². The second kappa shape index (κ2) is 7.88. The molecule has 0 unspecified atom stereocenters. The van der Waals surface area contributed by atoms with E-state index in [1.807, 2.05) is 0 Å². The van der Waals surface area contributed by atoms with Crippen molar-refractivity contribution < 1.29 is 0 Å². The number of rotatable bonds is 6. The summed E-state index contributed by atoms with van der Waals surface area (Å²) in [6.07, 6.45) is 6.43. The molecule has 16 heavy (non-hydrogen) atoms. The number of aryl methyl sites for hydroxylation is 1. The van der Waals surface area contributed by atoms with E-state index in [1.165, 1.54) is 52.2 Å². The molecular formula is C13H17Br3. The van der Waals surface area contributed by atoms with Gasteiger partial charge in [-0.15, -0.1) is 0 Å². The molecule has 0 aliphatic heterocycles. The quantitative estimate of drug-likeness (QED) is 0.383. The average molecular weight is 413 g/mol. The summed E-state index contributed by atoms with van der Waals surface area (Å²) >= 11 is 10.8. The molecule has 0 aromatic heterocycles. The summed E-state index contributed by atoms with van der Waals surface area (Å²) in [7, 11) is 0. The van der Waals surface area contributed by atoms with E-state index in [9.17, 15) is 0 Å². The van der Waals surface area contributed by atoms with Crippen LogP contribution >= 0.6 is 47.8 Å². The molecule has 0 fully saturated rings. The van der Waals surface area contributed by atoms with Gasteiger partial charge in [0.05, 0.1) is 0 Å². The van der Waals surface area contributed by atoms with Gasteiger partial charge >= 0.3 is 0 Å². The Morgan fingerprint density at radius 2 is 1.56 bits per heavy atom. The van der Waals surface area contributed by atoms with Gasteiger partial charge in [-0.1, -0.05) is 74.0 Å². The average Bonchev–Trinajstić information content (AvgIpc) is 2.28. The summed E-state index contributed by atoms with van der Waals surface area (Å²) < 4.78 is 2.44. The fourth-order valence-electron chi connectivity index (χ4n) is 1.67. The third-order valence-electron chi connectivity index (χ3n) is 2.66. The molecule has 0 nitrogen and oxygen atoms in total. The van der Waals surface area contributed by atoms with Crippen LogP contribution in [0.1, 0.15) is 43.7 Å². The van der Waals surface area contributed by atoms with Crippen molar-refractivity contribution in [2.45, 2.75) is 44.4 Å². The predicted molar refractivity (Wildman–Crippen MR) is 82.3 cm³/mol. The zero-order valence-electron chi connectivity index (χ0n) is 9.53. The first-order valence-corrected chi connectivity index (χ1v) is 8.42. The Morgan fingerprint density at radius 3 is 2.19 bits per heavy atom. The number of hydrogen-bond acceptors (Lipinski definition) is 0. The Hall–Kier alpha value is 0.660. The van der Waals surface area contributed by atoms with E-state index in [2.05, 4.69) is 66.8 Å². The van der Waals surface area contributed by atoms with Crippen LogP contribution in [0.3, 0.4) is 0 Å². The first-order valence-electron chi connectivity index (χ1n) is 5.71. The van der Waals surface area contributed by atoms with Crippen LogP contribution < -0.4 is 0 Å². The zero-order chi connectivity index (χ0) is 12.0. The minimum absolute atomic E-state index is 0.891. The number of benzene rings is 1. The van der Waals surface area contributed by atoms with Gasteiger partial charge in [-0.25, -0.2) is 0 Å². The number of halogens is 3. The van der Waals surface area contributed by atoms with E-state index in [-0.39, 0.29) is 0 Å². The minimum atomic E-state index is 0.891. The van der Waals surface area contributed by atoms with Crippen molar-refractivity contribution in [1.29, 1.82) is 0 Å². The van der Waals surface area contributed by atoms with Crippen molar-refractivity contribution in [3.63, 3.8) is 0 Å². The molecule has 0 spiro atoms. The summed E-state index contributed by atoms with van der Waals surface area (Å²) in [5, 5.41) is 0.891. The summed E-state index contributed by atoms with van der Waals surface area (Å²) in [6, 6.07) is 4.45. The predicted octanol–water partition coefficient (Wildman–Crippen LogP) is 6.23. The highest BCUT2D eigenvalue weighted by Crippen LogP contribution is 2.28. The lowest BCUT2D eigenvalue weighted by molar-refractivity contribution is 0.666. The van der Waals surface area contributed by atoms with E-state index < -0.39 is 0 Å². The van der Waals surface area contributed by atoms with Gasteiger partial charge in [-0.3, -0.25) is 0 Å². The maximum Gasteiger partial charge on any atom is 0.0294 e. The van der Waals surface area contributed by atoms with E-state index in [1.54, 1.807) is 0 Å². The molecule has 0 aliphatic rings. The van der Waals surface area contributed by atoms with Crippen LogP contribution in [0.4, 0.5) is 0 Å². The molecule has 90 valence electrons. The Labute approximate surface area is 124 Å². The van der Waals surface area contributed by atoms with Gasteiger partial charge in [0.2, 0.25) is 0 Å². The lowest BCUT2D eigenvalue weighted by atomic mass is 10.1. The van der Waals surface area contributed by atoms with Crippen molar-refractivity contribution in [2.75, 3.05) is 0 Å². The third kappa shape index (κ3) is 4.50. The van der Waals surface area contributed by atoms with E-state index in [0.29, 0.717) is 0 Å². The van der Waals surface area contributed by atoms with Gasteiger partial charge in [0.15, 0.2) is 0 Å². The SMILES string of the molecule is CCCCCCc1cc(Br)c(CBr)cc1Br. The molecule has 0 aliphatic carbocycles. The molecule has 0 amide bonds. The fraction of sp³-hybridized carbons (Fsp3) is 0.538. The van der Waals surface area contributed by atoms with Crippen LogP contribution in [0.15, 0.2) is 21.1 Å². The molecule has 0 heterocycles. The lowest BCUT2D eigenvalue weighted by Crippen LogP contribution is -1.91. The summed E-state index contributed by atoms with van der Waals surface area (Å²) in [4.78, 5) is 0. The molecule has 0 N–H and O–H groups in total. The molecular weight excluding hydrogens is 396 g/mol. The lowest BCUT2D eigenvalue weighted by Gasteiger charge is -2.08. The topological polar surface area (TPSA) is 0 Å². The highest BCUT2D eigenvalue weighted by Gasteiger charge is 2.05. The van der Waals surface area contributed by atoms with Crippen molar-refractivity contribution in [3.8, 4) is 0 Å². The van der Waals surface area contributed by atoms with Crippen LogP contribution in [-0.2, 0) is 11.8 Å². The fourth-order valence-corrected chi connectivity index (χ4v) is 3.63. The van der Waals surface area contributed by atoms with Crippen LogP contribution in [0.2, 0.25) is 0 Å². The summed E-state index contributed by atoms with van der Waals surface area (Å²) in [6.45, 7) is 2.25. The Morgan fingerprint density at radius 1 is 0.938 bits per heavy atom. The largest absolute Gasteiger partial charge is 0.0876 e. The van der Waals surface area contributed by atoms with Crippen molar-refractivity contribution in [2.24, 2.45) is 0 Å². The Bertz CT molecular complexity index is 334. The van der Waals surface area contributed by atoms with Gasteiger partial charge in [0, 0.05) is 14.3 Å². The summed E-state index contributed by atoms with van der Waals surface area (Å²) in [5.74, 6) is 0. The van der Waals surface area contributed by atoms with Crippen molar-refractivity contribution in [1.82, 2.24) is 0 Å². The smallest absolute Gasteiger partial charge is 0.0294 e. The Kier molecular flexibility index (Phi) is 7.25. The molecule has 0 saturated carbocycles. The monoisotopic (exact) mass is 410 g/mol. The number of unbranched alkanes of at least 4 members (excludes halogenated alkanes) is 3. The molecule has 0 radical (unpaired) electrons. The Balaban J connectivity index is 2.63. The number of hydrogen-bond donors (Lipinski definition) is 0. The van der Waals surface area contributed by atoms with Gasteiger partial charge in [0.1, 0.15) is 0 Å². The van der Waals surface area contributed by atoms with Crippen molar-refractivity contribution >= 4 is 47.8 Å². The highest BCUT2D eigenvalue weighted by molar-refractivity contribution is 9.11. The molecule has 1 rings (SSSR count). The van der Waals surface area contributed by atoms with Crippen molar-refractivity contribution in [3.05, 3.63) is 32.2 Å². The normalized spacial score (nSPS) is 10.8. The minimum Gasteiger partial charge on any atom is -0.0876 e. The second-order valence-corrected chi connectivity index (χ2v) is 6.25. The third-order valence-corrected chi connectivity index (χ3v) is 4.74. The molecule has 1 aromatic carbocycles. The first-order chi connectivity index (χ1) is 7.69. The van der Waals surface area contributed by atoms with E-state index in [4.69, 9.17) is 0 Å². The van der Waals surface area contributed by atoms with Gasteiger partial charge in [-0.05, 0) is 36.1 Å². The second-order valence-electron chi connectivity index (χ2n) is 3.98. The van der Waals surface area contributed by atoms with E-state index in [0.717, 1.165) is 5.33 Å². The maximum absolute atomic E-state index is 3.65. The van der Waals surface area contributed by atoms with Crippen LogP contribution in [0.25, 0.3) is 0 Å². The zero-order valence-corrected chi connectivity index (χ0v) is 14.3. The van der Waals surface area contributed by atoms with Crippen LogP contribution in [0, 0.1) is 0 Å². The molecule has 0 bridgehead atoms. The maximum atomic E-state index is 3.65. The van der Waals surface area contributed by atoms with Gasteiger partial charge in [0.25, 0.3) is 0 Å². The molecule has 0 atom stereocenters. The number of alkyl halides is 1. The highest BCUT2D eigenvalue weighted by atomic mass is 79.9. The first kappa shape index (κ1) is 14.7. The van der Waals surface area contributed by atoms with Crippen LogP contribution in [0.5, 0.6) is 0 Å². The van der Waals surface area contributed by atoms with Gasteiger partial charge < -0.3 is 0 Å². The van der Waals surface area contributed by atoms with E-state index >= 15 is 0 Å².